The van der Waals surface area contributed by atoms with E-state index in [1.165, 1.54) is 13.0 Å². The molecule has 3 N–H and O–H groups in total. The summed E-state index contributed by atoms with van der Waals surface area (Å²) in [6.07, 6.45) is 6.59. The molecule has 1 aromatic heterocycles. The molecule has 1 atom stereocenters. The number of aliphatic carboxylic acids is 1. The molecule has 8 heteroatoms. The second-order valence-electron chi connectivity index (χ2n) is 6.74. The third-order valence-corrected chi connectivity index (χ3v) is 4.35. The number of amides is 1. The number of nitrogens with one attached hydrogen (secondary N) is 2. The fraction of sp³-hybridized carbons (Fsp3) is 0.300. The van der Waals surface area contributed by atoms with Crippen molar-refractivity contribution in [3.05, 3.63) is 54.0 Å². The van der Waals surface area contributed by atoms with Crippen LogP contribution in [0.25, 0.3) is 6.08 Å². The number of benzene rings is 1. The molecule has 0 unspecified atom stereocenters. The van der Waals surface area contributed by atoms with Gasteiger partial charge in [0.25, 0.3) is 0 Å². The lowest BCUT2D eigenvalue weighted by Crippen LogP contribution is -2.26. The number of hydrogen-bond donors (Lipinski definition) is 3. The van der Waals surface area contributed by atoms with Crippen LogP contribution in [0, 0.1) is 0 Å². The van der Waals surface area contributed by atoms with Crippen LogP contribution in [-0.4, -0.2) is 51.0 Å². The van der Waals surface area contributed by atoms with Crippen LogP contribution in [0.1, 0.15) is 24.6 Å². The Bertz CT molecular complexity index is 866. The zero-order chi connectivity index (χ0) is 19.9. The lowest BCUT2D eigenvalue weighted by atomic mass is 10.2. The van der Waals surface area contributed by atoms with Crippen LogP contribution in [0.4, 0.5) is 11.5 Å². The van der Waals surface area contributed by atoms with E-state index in [1.54, 1.807) is 12.4 Å². The molecule has 8 nitrogen and oxygen atoms in total. The first-order valence-corrected chi connectivity index (χ1v) is 9.06. The quantitative estimate of drug-likeness (QED) is 0.631. The smallest absolute Gasteiger partial charge is 0.328 e. The molecule has 0 radical (unpaired) electrons. The summed E-state index contributed by atoms with van der Waals surface area (Å²) in [4.78, 5) is 32.6. The molecule has 146 valence electrons. The molecule has 28 heavy (non-hydrogen) atoms. The van der Waals surface area contributed by atoms with E-state index >= 15 is 0 Å². The highest BCUT2D eigenvalue weighted by Gasteiger charge is 2.22. The number of rotatable bonds is 7. The number of nitrogens with zero attached hydrogens (tertiary/aromatic N) is 3. The average molecular weight is 381 g/mol. The molecule has 0 saturated carbocycles. The molecule has 0 aliphatic carbocycles. The minimum absolute atomic E-state index is 0.0758. The van der Waals surface area contributed by atoms with Gasteiger partial charge in [-0.1, -0.05) is 12.1 Å². The average Bonchev–Trinajstić information content (AvgIpc) is 3.07. The van der Waals surface area contributed by atoms with Gasteiger partial charge in [0, 0.05) is 44.4 Å². The van der Waals surface area contributed by atoms with Crippen molar-refractivity contribution < 1.29 is 14.7 Å². The van der Waals surface area contributed by atoms with Crippen LogP contribution in [0.3, 0.4) is 0 Å². The minimum Gasteiger partial charge on any atom is -0.478 e. The van der Waals surface area contributed by atoms with Crippen molar-refractivity contribution in [3.8, 4) is 0 Å². The Morgan fingerprint density at radius 3 is 2.89 bits per heavy atom. The Morgan fingerprint density at radius 1 is 1.32 bits per heavy atom. The molecule has 2 heterocycles. The second kappa shape index (κ2) is 9.09. The van der Waals surface area contributed by atoms with Gasteiger partial charge < -0.3 is 15.7 Å². The van der Waals surface area contributed by atoms with Gasteiger partial charge in [-0.15, -0.1) is 0 Å². The van der Waals surface area contributed by atoms with Crippen molar-refractivity contribution in [1.82, 2.24) is 14.9 Å². The third-order valence-electron chi connectivity index (χ3n) is 4.35. The standard InChI is InChI=1S/C20H23N5O3/c1-14(26)23-16-4-2-3-15(9-16)12-25-8-7-18(13-25)24-19-11-21-17(10-22-19)5-6-20(27)28/h2-6,9-11,18H,7-8,12-13H2,1H3,(H,22,24)(H,23,26)(H,27,28)/t18-/m1/s1. The number of likely N-dealkylation sites (tertiary alicyclic amines) is 1. The molecular formula is C20H23N5O3. The van der Waals surface area contributed by atoms with Crippen molar-refractivity contribution >= 4 is 29.5 Å². The van der Waals surface area contributed by atoms with Gasteiger partial charge in [0.15, 0.2) is 0 Å². The Morgan fingerprint density at radius 2 is 2.18 bits per heavy atom. The van der Waals surface area contributed by atoms with E-state index in [4.69, 9.17) is 5.11 Å². The molecule has 1 aliphatic rings. The maximum absolute atomic E-state index is 11.2. The van der Waals surface area contributed by atoms with Crippen LogP contribution in [0.2, 0.25) is 0 Å². The number of carbonyl (C=O) groups is 2. The molecule has 1 aromatic carbocycles. The predicted octanol–water partition coefficient (Wildman–Crippen LogP) is 2.22. The first-order valence-electron chi connectivity index (χ1n) is 9.06. The topological polar surface area (TPSA) is 107 Å². The second-order valence-corrected chi connectivity index (χ2v) is 6.74. The number of anilines is 2. The molecule has 0 spiro atoms. The zero-order valence-corrected chi connectivity index (χ0v) is 15.6. The summed E-state index contributed by atoms with van der Waals surface area (Å²) in [5, 5.41) is 14.8. The number of carbonyl (C=O) groups excluding carboxylic acids is 1. The van der Waals surface area contributed by atoms with Crippen LogP contribution in [-0.2, 0) is 16.1 Å². The summed E-state index contributed by atoms with van der Waals surface area (Å²) >= 11 is 0. The van der Waals surface area contributed by atoms with Gasteiger partial charge in [-0.05, 0) is 30.2 Å². The van der Waals surface area contributed by atoms with Gasteiger partial charge in [0.1, 0.15) is 5.82 Å². The molecular weight excluding hydrogens is 358 g/mol. The van der Waals surface area contributed by atoms with E-state index < -0.39 is 5.97 Å². The van der Waals surface area contributed by atoms with Gasteiger partial charge in [0.05, 0.1) is 18.1 Å². The summed E-state index contributed by atoms with van der Waals surface area (Å²) in [6, 6.07) is 8.15. The highest BCUT2D eigenvalue weighted by molar-refractivity contribution is 5.88. The predicted molar refractivity (Wildman–Crippen MR) is 107 cm³/mol. The fourth-order valence-electron chi connectivity index (χ4n) is 3.17. The van der Waals surface area contributed by atoms with Crippen LogP contribution in [0.5, 0.6) is 0 Å². The number of aromatic nitrogens is 2. The summed E-state index contributed by atoms with van der Waals surface area (Å²) in [6.45, 7) is 4.17. The molecule has 1 fully saturated rings. The SMILES string of the molecule is CC(=O)Nc1cccc(CN2CC[C@@H](Nc3cnc(C=CC(=O)O)cn3)C2)c1. The largest absolute Gasteiger partial charge is 0.478 e. The monoisotopic (exact) mass is 381 g/mol. The lowest BCUT2D eigenvalue weighted by Gasteiger charge is -2.17. The van der Waals surface area contributed by atoms with Crippen molar-refractivity contribution in [1.29, 1.82) is 0 Å². The summed E-state index contributed by atoms with van der Waals surface area (Å²) in [5.74, 6) is -0.419. The van der Waals surface area contributed by atoms with Gasteiger partial charge in [0.2, 0.25) is 5.91 Å². The highest BCUT2D eigenvalue weighted by Crippen LogP contribution is 2.18. The van der Waals surface area contributed by atoms with Crippen molar-refractivity contribution in [2.75, 3.05) is 23.7 Å². The van der Waals surface area contributed by atoms with Gasteiger partial charge in [-0.2, -0.15) is 0 Å². The highest BCUT2D eigenvalue weighted by atomic mass is 16.4. The van der Waals surface area contributed by atoms with E-state index in [1.807, 2.05) is 18.2 Å². The van der Waals surface area contributed by atoms with Crippen molar-refractivity contribution in [3.63, 3.8) is 0 Å². The van der Waals surface area contributed by atoms with E-state index in [0.717, 1.165) is 43.4 Å². The van der Waals surface area contributed by atoms with E-state index in [0.29, 0.717) is 11.5 Å². The van der Waals surface area contributed by atoms with Gasteiger partial charge in [-0.3, -0.25) is 14.7 Å². The summed E-state index contributed by atoms with van der Waals surface area (Å²) in [7, 11) is 0. The number of hydrogen-bond acceptors (Lipinski definition) is 6. The Kier molecular flexibility index (Phi) is 6.33. The van der Waals surface area contributed by atoms with E-state index in [2.05, 4.69) is 31.6 Å². The number of carboxylic acids is 1. The lowest BCUT2D eigenvalue weighted by molar-refractivity contribution is -0.131. The third kappa shape index (κ3) is 5.88. The normalized spacial score (nSPS) is 17.0. The van der Waals surface area contributed by atoms with Crippen molar-refractivity contribution in [2.24, 2.45) is 0 Å². The van der Waals surface area contributed by atoms with Gasteiger partial charge in [-0.25, -0.2) is 9.78 Å². The molecule has 1 aliphatic heterocycles. The van der Waals surface area contributed by atoms with E-state index in [-0.39, 0.29) is 11.9 Å². The molecule has 2 aromatic rings. The maximum Gasteiger partial charge on any atom is 0.328 e. The number of carboxylic acid groups (broad SMARTS) is 1. The molecule has 3 rings (SSSR count). The Hall–Kier alpha value is -3.26. The zero-order valence-electron chi connectivity index (χ0n) is 15.6. The summed E-state index contributed by atoms with van der Waals surface area (Å²) in [5.41, 5.74) is 2.47. The summed E-state index contributed by atoms with van der Waals surface area (Å²) < 4.78 is 0. The van der Waals surface area contributed by atoms with Crippen LogP contribution >= 0.6 is 0 Å². The Balaban J connectivity index is 1.51. The first-order chi connectivity index (χ1) is 13.5. The molecule has 0 bridgehead atoms. The Labute approximate surface area is 163 Å². The fourth-order valence-corrected chi connectivity index (χ4v) is 3.17. The van der Waals surface area contributed by atoms with E-state index in [9.17, 15) is 9.59 Å². The van der Waals surface area contributed by atoms with Crippen LogP contribution in [0.15, 0.2) is 42.7 Å². The first kappa shape index (κ1) is 19.5. The minimum atomic E-state index is -1.02. The van der Waals surface area contributed by atoms with Crippen LogP contribution < -0.4 is 10.6 Å². The van der Waals surface area contributed by atoms with Crippen molar-refractivity contribution in [2.45, 2.75) is 25.9 Å². The van der Waals surface area contributed by atoms with Gasteiger partial charge >= 0.3 is 5.97 Å². The maximum atomic E-state index is 11.2. The molecule has 1 amide bonds. The molecule has 1 saturated heterocycles.